The quantitative estimate of drug-likeness (QED) is 0.288. The van der Waals surface area contributed by atoms with Gasteiger partial charge < -0.3 is 30.2 Å². The molecule has 0 aliphatic carbocycles. The lowest BCUT2D eigenvalue weighted by Crippen LogP contribution is -2.51. The highest BCUT2D eigenvalue weighted by Gasteiger charge is 2.47. The summed E-state index contributed by atoms with van der Waals surface area (Å²) in [5, 5.41) is 8.81. The Balaban J connectivity index is 1.59. The fourth-order valence-corrected chi connectivity index (χ4v) is 5.93. The van der Waals surface area contributed by atoms with Gasteiger partial charge in [-0.05, 0) is 41.2 Å². The van der Waals surface area contributed by atoms with Gasteiger partial charge in [0.05, 0.1) is 24.2 Å². The summed E-state index contributed by atoms with van der Waals surface area (Å²) in [4.78, 5) is 53.5. The van der Waals surface area contributed by atoms with Gasteiger partial charge in [-0.2, -0.15) is 0 Å². The molecular formula is C36H46ClN3O7. The molecule has 0 bridgehead atoms. The first kappa shape index (κ1) is 36.0. The van der Waals surface area contributed by atoms with E-state index in [4.69, 9.17) is 25.8 Å². The molecule has 0 aromatic heterocycles. The molecule has 2 heterocycles. The number of cyclic esters (lactones) is 1. The molecule has 4 rings (SSSR count). The number of hydrogen-bond donors (Lipinski definition) is 3. The maximum absolute atomic E-state index is 13.7. The number of carbonyl (C=O) groups excluding carboxylic acids is 4. The van der Waals surface area contributed by atoms with Crippen LogP contribution in [0.3, 0.4) is 0 Å². The van der Waals surface area contributed by atoms with Crippen LogP contribution in [0.15, 0.2) is 60.7 Å². The zero-order valence-corrected chi connectivity index (χ0v) is 28.6. The highest BCUT2D eigenvalue weighted by molar-refractivity contribution is 6.32. The van der Waals surface area contributed by atoms with Crippen LogP contribution in [0.5, 0.6) is 5.75 Å². The van der Waals surface area contributed by atoms with Gasteiger partial charge in [-0.3, -0.25) is 14.4 Å². The van der Waals surface area contributed by atoms with Crippen LogP contribution in [0.25, 0.3) is 0 Å². The van der Waals surface area contributed by atoms with Gasteiger partial charge in [-0.25, -0.2) is 4.79 Å². The van der Waals surface area contributed by atoms with E-state index < -0.39 is 47.8 Å². The van der Waals surface area contributed by atoms with Crippen LogP contribution >= 0.6 is 11.6 Å². The molecule has 7 atom stereocenters. The zero-order chi connectivity index (χ0) is 34.3. The van der Waals surface area contributed by atoms with Crippen LogP contribution in [0.1, 0.15) is 64.7 Å². The summed E-state index contributed by atoms with van der Waals surface area (Å²) < 4.78 is 17.4. The predicted molar refractivity (Wildman–Crippen MR) is 179 cm³/mol. The second kappa shape index (κ2) is 15.8. The van der Waals surface area contributed by atoms with E-state index in [9.17, 15) is 19.2 Å². The molecule has 0 spiro atoms. The molecule has 0 saturated carbocycles. The fourth-order valence-electron chi connectivity index (χ4n) is 5.65. The summed E-state index contributed by atoms with van der Waals surface area (Å²) >= 11 is 6.31. The number of epoxide rings is 1. The Bertz CT molecular complexity index is 1460. The number of ether oxygens (including phenoxy) is 3. The van der Waals surface area contributed by atoms with Crippen LogP contribution in [0.2, 0.25) is 5.02 Å². The van der Waals surface area contributed by atoms with E-state index in [1.807, 2.05) is 58.0 Å². The van der Waals surface area contributed by atoms with Gasteiger partial charge >= 0.3 is 5.97 Å². The highest BCUT2D eigenvalue weighted by atomic mass is 35.5. The Kier molecular flexibility index (Phi) is 12.1. The third kappa shape index (κ3) is 10.3. The SMILES string of the molecule is COc1ccc(C[C@H]2NC(=O)/C=C/C[C@@H]([C@H](C)[C@H]3O[C@@H]3c3ccccc3)OC(=O)[C@H](CC(C)(C)C)NC(=O)[C@H](C)CNC2=O)cc1Cl. The van der Waals surface area contributed by atoms with Crippen LogP contribution in [0, 0.1) is 17.3 Å². The number of hydrogen-bond acceptors (Lipinski definition) is 7. The van der Waals surface area contributed by atoms with E-state index in [-0.39, 0.29) is 42.9 Å². The number of esters is 1. The van der Waals surface area contributed by atoms with E-state index in [1.54, 1.807) is 31.2 Å². The molecule has 1 fully saturated rings. The van der Waals surface area contributed by atoms with Gasteiger partial charge in [0.15, 0.2) is 0 Å². The highest BCUT2D eigenvalue weighted by Crippen LogP contribution is 2.45. The standard InChI is InChI=1S/C36H46ClN3O7/c1-21-20-38-34(43)26(18-23-15-16-29(45-6)25(37)17-23)39-30(41)14-10-13-28(22(2)31-32(47-31)24-11-8-7-9-12-24)46-35(44)27(40-33(21)42)19-36(3,4)5/h7-12,14-17,21-22,26-28,31-32H,13,18-20H2,1-6H3,(H,38,43)(H,39,41)(H,40,42)/b14-10+/t21-,22+,26-,27+,28+,31-,32-/m1/s1. The second-order valence-electron chi connectivity index (χ2n) is 13.6. The summed E-state index contributed by atoms with van der Waals surface area (Å²) in [5.41, 5.74) is 1.45. The Morgan fingerprint density at radius 1 is 1.00 bits per heavy atom. The minimum absolute atomic E-state index is 0.00686. The Morgan fingerprint density at radius 2 is 1.72 bits per heavy atom. The van der Waals surface area contributed by atoms with Gasteiger partial charge in [0.25, 0.3) is 0 Å². The number of amides is 3. The van der Waals surface area contributed by atoms with E-state index >= 15 is 0 Å². The van der Waals surface area contributed by atoms with Crippen molar-refractivity contribution in [1.29, 1.82) is 0 Å². The Labute approximate surface area is 281 Å². The molecule has 47 heavy (non-hydrogen) atoms. The number of methoxy groups -OCH3 is 1. The number of rotatable bonds is 7. The first-order valence-electron chi connectivity index (χ1n) is 16.0. The van der Waals surface area contributed by atoms with Gasteiger partial charge in [0.1, 0.15) is 30.0 Å². The lowest BCUT2D eigenvalue weighted by atomic mass is 9.87. The summed E-state index contributed by atoms with van der Waals surface area (Å²) in [6.07, 6.45) is 2.73. The third-order valence-electron chi connectivity index (χ3n) is 8.40. The van der Waals surface area contributed by atoms with Crippen LogP contribution in [0.4, 0.5) is 0 Å². The lowest BCUT2D eigenvalue weighted by molar-refractivity contribution is -0.156. The molecule has 11 heteroatoms. The maximum Gasteiger partial charge on any atom is 0.328 e. The molecule has 2 aromatic rings. The van der Waals surface area contributed by atoms with Crippen LogP contribution < -0.4 is 20.7 Å². The minimum atomic E-state index is -0.951. The minimum Gasteiger partial charge on any atom is -0.495 e. The molecular weight excluding hydrogens is 622 g/mol. The zero-order valence-electron chi connectivity index (χ0n) is 27.9. The molecule has 2 aromatic carbocycles. The largest absolute Gasteiger partial charge is 0.495 e. The first-order valence-corrected chi connectivity index (χ1v) is 16.4. The average Bonchev–Trinajstić information content (AvgIpc) is 3.82. The number of carbonyl (C=O) groups is 4. The van der Waals surface area contributed by atoms with Crippen molar-refractivity contribution in [3.63, 3.8) is 0 Å². The first-order chi connectivity index (χ1) is 22.3. The van der Waals surface area contributed by atoms with Gasteiger partial charge in [-0.1, -0.05) is 88.7 Å². The molecule has 0 radical (unpaired) electrons. The summed E-state index contributed by atoms with van der Waals surface area (Å²) in [6.45, 7) is 9.56. The molecule has 3 N–H and O–H groups in total. The van der Waals surface area contributed by atoms with Crippen molar-refractivity contribution >= 4 is 35.3 Å². The van der Waals surface area contributed by atoms with Crippen molar-refractivity contribution in [2.75, 3.05) is 13.7 Å². The van der Waals surface area contributed by atoms with E-state index in [2.05, 4.69) is 16.0 Å². The van der Waals surface area contributed by atoms with E-state index in [0.717, 1.165) is 5.56 Å². The summed E-state index contributed by atoms with van der Waals surface area (Å²) in [5.74, 6) is -2.30. The molecule has 254 valence electrons. The Hall–Kier alpha value is -3.89. The van der Waals surface area contributed by atoms with Gasteiger partial charge in [0, 0.05) is 25.3 Å². The van der Waals surface area contributed by atoms with Crippen molar-refractivity contribution in [3.8, 4) is 5.75 Å². The van der Waals surface area contributed by atoms with E-state index in [1.165, 1.54) is 13.2 Å². The lowest BCUT2D eigenvalue weighted by Gasteiger charge is -2.30. The smallest absolute Gasteiger partial charge is 0.328 e. The number of halogens is 1. The molecule has 2 aliphatic rings. The van der Waals surface area contributed by atoms with Crippen molar-refractivity contribution in [3.05, 3.63) is 76.8 Å². The van der Waals surface area contributed by atoms with Crippen molar-refractivity contribution < 1.29 is 33.4 Å². The van der Waals surface area contributed by atoms with Crippen LogP contribution in [-0.4, -0.2) is 61.6 Å². The maximum atomic E-state index is 13.7. The predicted octanol–water partition coefficient (Wildman–Crippen LogP) is 4.70. The third-order valence-corrected chi connectivity index (χ3v) is 8.70. The summed E-state index contributed by atoms with van der Waals surface area (Å²) in [6, 6.07) is 13.1. The summed E-state index contributed by atoms with van der Waals surface area (Å²) in [7, 11) is 1.51. The van der Waals surface area contributed by atoms with E-state index in [0.29, 0.717) is 22.8 Å². The monoisotopic (exact) mass is 667 g/mol. The van der Waals surface area contributed by atoms with Gasteiger partial charge in [-0.15, -0.1) is 0 Å². The van der Waals surface area contributed by atoms with Crippen molar-refractivity contribution in [2.45, 2.75) is 84.3 Å². The topological polar surface area (TPSA) is 135 Å². The fraction of sp³-hybridized carbons (Fsp3) is 0.500. The number of nitrogens with one attached hydrogen (secondary N) is 3. The molecule has 2 aliphatic heterocycles. The molecule has 3 amide bonds. The molecule has 0 unspecified atom stereocenters. The number of benzene rings is 2. The van der Waals surface area contributed by atoms with Crippen LogP contribution in [-0.2, 0) is 35.1 Å². The van der Waals surface area contributed by atoms with Gasteiger partial charge in [0.2, 0.25) is 17.7 Å². The molecule has 10 nitrogen and oxygen atoms in total. The van der Waals surface area contributed by atoms with Crippen molar-refractivity contribution in [1.82, 2.24) is 16.0 Å². The molecule has 1 saturated heterocycles. The average molecular weight is 668 g/mol. The normalized spacial score (nSPS) is 27.5. The van der Waals surface area contributed by atoms with Crippen molar-refractivity contribution in [2.24, 2.45) is 17.3 Å². The second-order valence-corrected chi connectivity index (χ2v) is 14.0. The Morgan fingerprint density at radius 3 is 2.38 bits per heavy atom.